The Morgan fingerprint density at radius 2 is 2.44 bits per heavy atom. The number of hydrogen-bond acceptors (Lipinski definition) is 3. The number of nitrogens with one attached hydrogen (secondary N) is 1. The lowest BCUT2D eigenvalue weighted by molar-refractivity contribution is -0.121. The number of nitrogens with two attached hydrogens (primary N) is 1. The highest BCUT2D eigenvalue weighted by Gasteiger charge is 2.23. The third-order valence-corrected chi connectivity index (χ3v) is 3.38. The minimum absolute atomic E-state index is 0.0417. The third-order valence-electron chi connectivity index (χ3n) is 3.38. The molecule has 1 aliphatic rings. The van der Waals surface area contributed by atoms with Crippen LogP contribution in [0.15, 0.2) is 24.3 Å². The Morgan fingerprint density at radius 3 is 3.11 bits per heavy atom. The van der Waals surface area contributed by atoms with Gasteiger partial charge in [-0.15, -0.1) is 0 Å². The molecule has 0 aliphatic carbocycles. The average Bonchev–Trinajstić information content (AvgIpc) is 2.81. The Bertz CT molecular complexity index is 414. The van der Waals surface area contributed by atoms with Crippen LogP contribution in [0.1, 0.15) is 18.9 Å². The van der Waals surface area contributed by atoms with Crippen molar-refractivity contribution in [2.75, 3.05) is 18.9 Å². The van der Waals surface area contributed by atoms with Crippen molar-refractivity contribution in [3.8, 4) is 0 Å². The van der Waals surface area contributed by atoms with Crippen molar-refractivity contribution in [2.45, 2.75) is 25.8 Å². The average molecular weight is 248 g/mol. The standard InChI is InChI=1S/C14H20N2O2/c1-10(12-5-6-18-9-12)16-14(17)8-11-3-2-4-13(15)7-11/h2-4,7,10,12H,5-6,8-9,15H2,1H3,(H,16,17). The predicted octanol–water partition coefficient (Wildman–Crippen LogP) is 1.35. The van der Waals surface area contributed by atoms with Gasteiger partial charge in [-0.1, -0.05) is 12.1 Å². The number of carbonyl (C=O) groups is 1. The van der Waals surface area contributed by atoms with Crippen LogP contribution in [-0.2, 0) is 16.0 Å². The molecule has 4 nitrogen and oxygen atoms in total. The Hall–Kier alpha value is -1.55. The summed E-state index contributed by atoms with van der Waals surface area (Å²) in [5.74, 6) is 0.481. The lowest BCUT2D eigenvalue weighted by Gasteiger charge is -2.19. The highest BCUT2D eigenvalue weighted by Crippen LogP contribution is 2.16. The molecule has 1 amide bonds. The maximum atomic E-state index is 11.9. The fraction of sp³-hybridized carbons (Fsp3) is 0.500. The van der Waals surface area contributed by atoms with Gasteiger partial charge < -0.3 is 15.8 Å². The second-order valence-corrected chi connectivity index (χ2v) is 4.90. The second-order valence-electron chi connectivity index (χ2n) is 4.90. The molecular formula is C14H20N2O2. The summed E-state index contributed by atoms with van der Waals surface area (Å²) >= 11 is 0. The van der Waals surface area contributed by atoms with Gasteiger partial charge in [0.2, 0.25) is 5.91 Å². The van der Waals surface area contributed by atoms with Gasteiger partial charge in [-0.3, -0.25) is 4.79 Å². The number of ether oxygens (including phenoxy) is 1. The number of benzene rings is 1. The van der Waals surface area contributed by atoms with E-state index in [1.54, 1.807) is 0 Å². The van der Waals surface area contributed by atoms with Crippen LogP contribution in [0, 0.1) is 5.92 Å². The summed E-state index contributed by atoms with van der Waals surface area (Å²) in [6.07, 6.45) is 1.41. The van der Waals surface area contributed by atoms with E-state index in [1.165, 1.54) is 0 Å². The number of anilines is 1. The highest BCUT2D eigenvalue weighted by molar-refractivity contribution is 5.79. The van der Waals surface area contributed by atoms with Gasteiger partial charge in [0.25, 0.3) is 0 Å². The predicted molar refractivity (Wildman–Crippen MR) is 71.1 cm³/mol. The van der Waals surface area contributed by atoms with Crippen LogP contribution in [0.2, 0.25) is 0 Å². The molecule has 2 atom stereocenters. The zero-order chi connectivity index (χ0) is 13.0. The molecule has 1 fully saturated rings. The van der Waals surface area contributed by atoms with Crippen LogP contribution in [0.5, 0.6) is 0 Å². The van der Waals surface area contributed by atoms with Gasteiger partial charge >= 0.3 is 0 Å². The normalized spacial score (nSPS) is 20.6. The largest absolute Gasteiger partial charge is 0.399 e. The fourth-order valence-corrected chi connectivity index (χ4v) is 2.26. The zero-order valence-electron chi connectivity index (χ0n) is 10.7. The van der Waals surface area contributed by atoms with E-state index in [1.807, 2.05) is 31.2 Å². The summed E-state index contributed by atoms with van der Waals surface area (Å²) in [5.41, 5.74) is 7.33. The molecule has 0 spiro atoms. The van der Waals surface area contributed by atoms with Crippen molar-refractivity contribution in [2.24, 2.45) is 5.92 Å². The highest BCUT2D eigenvalue weighted by atomic mass is 16.5. The summed E-state index contributed by atoms with van der Waals surface area (Å²) in [6.45, 7) is 3.59. The van der Waals surface area contributed by atoms with Gasteiger partial charge in [-0.2, -0.15) is 0 Å². The van der Waals surface area contributed by atoms with Crippen molar-refractivity contribution in [3.63, 3.8) is 0 Å². The second kappa shape index (κ2) is 5.87. The number of hydrogen-bond donors (Lipinski definition) is 2. The Kier molecular flexibility index (Phi) is 4.20. The third kappa shape index (κ3) is 3.47. The first-order valence-corrected chi connectivity index (χ1v) is 6.36. The van der Waals surface area contributed by atoms with E-state index in [-0.39, 0.29) is 11.9 Å². The zero-order valence-corrected chi connectivity index (χ0v) is 10.7. The molecule has 1 aromatic carbocycles. The molecule has 0 radical (unpaired) electrons. The summed E-state index contributed by atoms with van der Waals surface area (Å²) in [5, 5.41) is 3.03. The Balaban J connectivity index is 1.84. The van der Waals surface area contributed by atoms with E-state index in [0.717, 1.165) is 25.2 Å². The number of carbonyl (C=O) groups excluding carboxylic acids is 1. The van der Waals surface area contributed by atoms with Gasteiger partial charge in [0, 0.05) is 24.3 Å². The maximum absolute atomic E-state index is 11.9. The first-order chi connectivity index (χ1) is 8.65. The first kappa shape index (κ1) is 12.9. The van der Waals surface area contributed by atoms with Gasteiger partial charge in [0.05, 0.1) is 13.0 Å². The topological polar surface area (TPSA) is 64.4 Å². The van der Waals surface area contributed by atoms with E-state index in [2.05, 4.69) is 5.32 Å². The SMILES string of the molecule is CC(NC(=O)Cc1cccc(N)c1)C1CCOC1. The summed E-state index contributed by atoms with van der Waals surface area (Å²) in [7, 11) is 0. The molecule has 2 unspecified atom stereocenters. The number of nitrogen functional groups attached to an aromatic ring is 1. The smallest absolute Gasteiger partial charge is 0.224 e. The molecule has 0 bridgehead atoms. The van der Waals surface area contributed by atoms with Gasteiger partial charge in [0.15, 0.2) is 0 Å². The van der Waals surface area contributed by atoms with Crippen LogP contribution in [0.4, 0.5) is 5.69 Å². The monoisotopic (exact) mass is 248 g/mol. The van der Waals surface area contributed by atoms with Crippen LogP contribution < -0.4 is 11.1 Å². The minimum atomic E-state index is 0.0417. The summed E-state index contributed by atoms with van der Waals surface area (Å²) < 4.78 is 5.33. The fourth-order valence-electron chi connectivity index (χ4n) is 2.26. The molecule has 1 heterocycles. The van der Waals surface area contributed by atoms with Gasteiger partial charge in [-0.25, -0.2) is 0 Å². The van der Waals surface area contributed by atoms with Crippen LogP contribution in [-0.4, -0.2) is 25.2 Å². The number of rotatable bonds is 4. The van der Waals surface area contributed by atoms with Crippen molar-refractivity contribution < 1.29 is 9.53 Å². The molecule has 98 valence electrons. The van der Waals surface area contributed by atoms with Crippen molar-refractivity contribution in [1.29, 1.82) is 0 Å². The van der Waals surface area contributed by atoms with E-state index in [9.17, 15) is 4.79 Å². The van der Waals surface area contributed by atoms with Gasteiger partial charge in [-0.05, 0) is 31.0 Å². The molecule has 0 aromatic heterocycles. The van der Waals surface area contributed by atoms with E-state index in [0.29, 0.717) is 18.0 Å². The van der Waals surface area contributed by atoms with Gasteiger partial charge in [0.1, 0.15) is 0 Å². The molecule has 1 saturated heterocycles. The van der Waals surface area contributed by atoms with Crippen LogP contribution >= 0.6 is 0 Å². The molecule has 2 rings (SSSR count). The van der Waals surface area contributed by atoms with Crippen molar-refractivity contribution in [1.82, 2.24) is 5.32 Å². The lowest BCUT2D eigenvalue weighted by atomic mass is 10.0. The van der Waals surface area contributed by atoms with E-state index < -0.39 is 0 Å². The molecule has 4 heteroatoms. The molecule has 0 saturated carbocycles. The quantitative estimate of drug-likeness (QED) is 0.791. The maximum Gasteiger partial charge on any atom is 0.224 e. The van der Waals surface area contributed by atoms with Crippen molar-refractivity contribution >= 4 is 11.6 Å². The molecule has 18 heavy (non-hydrogen) atoms. The van der Waals surface area contributed by atoms with Crippen molar-refractivity contribution in [3.05, 3.63) is 29.8 Å². The molecular weight excluding hydrogens is 228 g/mol. The summed E-state index contributed by atoms with van der Waals surface area (Å²) in [6, 6.07) is 7.61. The van der Waals surface area contributed by atoms with Crippen LogP contribution in [0.3, 0.4) is 0 Å². The molecule has 1 aromatic rings. The minimum Gasteiger partial charge on any atom is -0.399 e. The molecule has 1 aliphatic heterocycles. The Morgan fingerprint density at radius 1 is 1.61 bits per heavy atom. The lowest BCUT2D eigenvalue weighted by Crippen LogP contribution is -2.39. The Labute approximate surface area is 108 Å². The first-order valence-electron chi connectivity index (χ1n) is 6.36. The van der Waals surface area contributed by atoms with E-state index >= 15 is 0 Å². The van der Waals surface area contributed by atoms with Crippen LogP contribution in [0.25, 0.3) is 0 Å². The summed E-state index contributed by atoms with van der Waals surface area (Å²) in [4.78, 5) is 11.9. The number of amides is 1. The molecule has 3 N–H and O–H groups in total. The van der Waals surface area contributed by atoms with E-state index in [4.69, 9.17) is 10.5 Å².